The third-order valence-corrected chi connectivity index (χ3v) is 3.41. The minimum atomic E-state index is -4.39. The van der Waals surface area contributed by atoms with Crippen LogP contribution in [0.1, 0.15) is 71.1 Å². The van der Waals surface area contributed by atoms with Crippen molar-refractivity contribution in [2.24, 2.45) is 0 Å². The standard InChI is InChI=1S/C12H26O.C2H4O5S.Na/c1-2-3-4-5-6-7-8-9-10-11-12-13;3-2(4)1-8(5,6)7;/h13H,2-12H2,1H3;1H2,(H,3,4)(H,5,6,7);/q;;+1/p-1. The molecule has 0 unspecified atom stereocenters. The summed E-state index contributed by atoms with van der Waals surface area (Å²) in [5.74, 6) is -3.15. The molecule has 128 valence electrons. The fourth-order valence-electron chi connectivity index (χ4n) is 1.75. The summed E-state index contributed by atoms with van der Waals surface area (Å²) in [5, 5.41) is 17.9. The van der Waals surface area contributed by atoms with E-state index in [2.05, 4.69) is 6.92 Å². The van der Waals surface area contributed by atoms with Crippen molar-refractivity contribution in [2.75, 3.05) is 12.4 Å². The normalized spacial score (nSPS) is 10.3. The molecule has 0 radical (unpaired) electrons. The Kier molecular flexibility index (Phi) is 24.0. The van der Waals surface area contributed by atoms with Gasteiger partial charge in [0.15, 0.2) is 0 Å². The molecule has 0 fully saturated rings. The molecule has 0 atom stereocenters. The van der Waals surface area contributed by atoms with Crippen molar-refractivity contribution in [2.45, 2.75) is 71.1 Å². The second-order valence-corrected chi connectivity index (χ2v) is 6.46. The van der Waals surface area contributed by atoms with Gasteiger partial charge in [0.05, 0.1) is 5.97 Å². The number of unbranched alkanes of at least 4 members (excludes halogenated alkanes) is 9. The number of carbonyl (C=O) groups excluding carboxylic acids is 1. The number of carboxylic acid groups (broad SMARTS) is 1. The maximum atomic E-state index is 9.58. The minimum absolute atomic E-state index is 0. The number of aliphatic carboxylic acids is 1. The van der Waals surface area contributed by atoms with E-state index in [9.17, 15) is 18.3 Å². The fraction of sp³-hybridized carbons (Fsp3) is 0.929. The number of aliphatic hydroxyl groups excluding tert-OH is 1. The molecule has 2 N–H and O–H groups in total. The number of carboxylic acids is 1. The van der Waals surface area contributed by atoms with Gasteiger partial charge < -0.3 is 15.0 Å². The van der Waals surface area contributed by atoms with Gasteiger partial charge in [-0.3, -0.25) is 4.55 Å². The van der Waals surface area contributed by atoms with E-state index in [-0.39, 0.29) is 29.6 Å². The van der Waals surface area contributed by atoms with Crippen LogP contribution in [-0.2, 0) is 14.9 Å². The van der Waals surface area contributed by atoms with Gasteiger partial charge in [0.2, 0.25) is 0 Å². The van der Waals surface area contributed by atoms with Crippen LogP contribution in [0.4, 0.5) is 0 Å². The average molecular weight is 348 g/mol. The zero-order valence-corrected chi connectivity index (χ0v) is 16.7. The van der Waals surface area contributed by atoms with E-state index in [1.54, 1.807) is 0 Å². The third kappa shape index (κ3) is 32.3. The minimum Gasteiger partial charge on any atom is -0.549 e. The summed E-state index contributed by atoms with van der Waals surface area (Å²) in [6.45, 7) is 2.63. The fourth-order valence-corrected chi connectivity index (χ4v) is 2.05. The Morgan fingerprint density at radius 2 is 1.27 bits per heavy atom. The van der Waals surface area contributed by atoms with Gasteiger partial charge >= 0.3 is 29.6 Å². The summed E-state index contributed by atoms with van der Waals surface area (Å²) in [6, 6.07) is 0. The van der Waals surface area contributed by atoms with Gasteiger partial charge in [0.1, 0.15) is 5.75 Å². The smallest absolute Gasteiger partial charge is 0.549 e. The Labute approximate surface area is 156 Å². The predicted octanol–water partition coefficient (Wildman–Crippen LogP) is -1.47. The van der Waals surface area contributed by atoms with Crippen molar-refractivity contribution in [1.29, 1.82) is 0 Å². The quantitative estimate of drug-likeness (QED) is 0.253. The molecule has 0 aliphatic heterocycles. The second-order valence-electron chi connectivity index (χ2n) is 5.00. The zero-order valence-electron chi connectivity index (χ0n) is 13.9. The van der Waals surface area contributed by atoms with Gasteiger partial charge in [0, 0.05) is 6.61 Å². The number of hydrogen-bond acceptors (Lipinski definition) is 5. The molecule has 0 aliphatic carbocycles. The Hall–Kier alpha value is 0.340. The summed E-state index contributed by atoms with van der Waals surface area (Å²) in [7, 11) is -4.39. The van der Waals surface area contributed by atoms with Crippen LogP contribution in [0.3, 0.4) is 0 Å². The van der Waals surface area contributed by atoms with Crippen LogP contribution in [0, 0.1) is 0 Å². The van der Waals surface area contributed by atoms with Gasteiger partial charge in [-0.2, -0.15) is 8.42 Å². The number of aliphatic hydroxyl groups is 1. The van der Waals surface area contributed by atoms with Crippen LogP contribution in [0.15, 0.2) is 0 Å². The van der Waals surface area contributed by atoms with Gasteiger partial charge in [-0.1, -0.05) is 64.7 Å². The number of carbonyl (C=O) groups is 1. The Balaban J connectivity index is -0.000000348. The Morgan fingerprint density at radius 3 is 1.50 bits per heavy atom. The molecule has 0 heterocycles. The Morgan fingerprint density at radius 1 is 0.909 bits per heavy atom. The Bertz CT molecular complexity index is 322. The molecule has 0 aromatic carbocycles. The molecule has 0 saturated heterocycles. The molecule has 0 bridgehead atoms. The topological polar surface area (TPSA) is 115 Å². The van der Waals surface area contributed by atoms with Crippen molar-refractivity contribution < 1.29 is 57.5 Å². The van der Waals surface area contributed by atoms with E-state index in [1.807, 2.05) is 0 Å². The molecule has 0 amide bonds. The van der Waals surface area contributed by atoms with Crippen LogP contribution in [0.5, 0.6) is 0 Å². The molecule has 0 aromatic rings. The van der Waals surface area contributed by atoms with Crippen molar-refractivity contribution in [3.63, 3.8) is 0 Å². The molecule has 0 rings (SSSR count). The van der Waals surface area contributed by atoms with Gasteiger partial charge in [-0.25, -0.2) is 0 Å². The van der Waals surface area contributed by atoms with Crippen LogP contribution in [0.25, 0.3) is 0 Å². The summed E-state index contributed by atoms with van der Waals surface area (Å²) in [4.78, 5) is 9.36. The van der Waals surface area contributed by atoms with Gasteiger partial charge in [-0.05, 0) is 6.42 Å². The molecular weight excluding hydrogens is 319 g/mol. The first-order valence-corrected chi connectivity index (χ1v) is 9.20. The van der Waals surface area contributed by atoms with E-state index in [1.165, 1.54) is 57.8 Å². The van der Waals surface area contributed by atoms with Crippen LogP contribution in [-0.4, -0.2) is 36.4 Å². The van der Waals surface area contributed by atoms with E-state index in [4.69, 9.17) is 9.66 Å². The average Bonchev–Trinajstić information content (AvgIpc) is 2.35. The molecule has 0 aromatic heterocycles. The van der Waals surface area contributed by atoms with E-state index in [0.29, 0.717) is 6.61 Å². The molecular formula is C14H29NaO6S. The van der Waals surface area contributed by atoms with Crippen molar-refractivity contribution in [3.8, 4) is 0 Å². The van der Waals surface area contributed by atoms with E-state index in [0.717, 1.165) is 6.42 Å². The summed E-state index contributed by atoms with van der Waals surface area (Å²) < 4.78 is 26.9. The van der Waals surface area contributed by atoms with Crippen LogP contribution in [0.2, 0.25) is 0 Å². The first-order valence-electron chi connectivity index (χ1n) is 7.59. The second kappa shape index (κ2) is 19.4. The van der Waals surface area contributed by atoms with Crippen molar-refractivity contribution >= 4 is 16.1 Å². The molecule has 6 nitrogen and oxygen atoms in total. The molecule has 22 heavy (non-hydrogen) atoms. The van der Waals surface area contributed by atoms with Gasteiger partial charge in [0.25, 0.3) is 10.1 Å². The zero-order chi connectivity index (χ0) is 16.6. The molecule has 0 aliphatic rings. The SMILES string of the molecule is CCCCCCCCCCCCO.O=C([O-])CS(=O)(=O)O.[Na+]. The number of rotatable bonds is 12. The van der Waals surface area contributed by atoms with Crippen LogP contribution < -0.4 is 34.7 Å². The van der Waals surface area contributed by atoms with E-state index >= 15 is 0 Å². The molecule has 0 spiro atoms. The molecule has 0 saturated carbocycles. The summed E-state index contributed by atoms with van der Waals surface area (Å²) >= 11 is 0. The first kappa shape index (κ1) is 27.2. The monoisotopic (exact) mass is 348 g/mol. The van der Waals surface area contributed by atoms with E-state index < -0.39 is 21.8 Å². The third-order valence-electron chi connectivity index (χ3n) is 2.81. The largest absolute Gasteiger partial charge is 1.00 e. The number of hydrogen-bond donors (Lipinski definition) is 2. The van der Waals surface area contributed by atoms with Gasteiger partial charge in [-0.15, -0.1) is 0 Å². The van der Waals surface area contributed by atoms with Crippen molar-refractivity contribution in [3.05, 3.63) is 0 Å². The summed E-state index contributed by atoms with van der Waals surface area (Å²) in [5.41, 5.74) is 0. The predicted molar refractivity (Wildman–Crippen MR) is 80.4 cm³/mol. The maximum Gasteiger partial charge on any atom is 1.00 e. The van der Waals surface area contributed by atoms with Crippen molar-refractivity contribution in [1.82, 2.24) is 0 Å². The maximum absolute atomic E-state index is 9.58. The first-order chi connectivity index (χ1) is 9.83. The van der Waals surface area contributed by atoms with Crippen LogP contribution >= 0.6 is 0 Å². The molecule has 8 heteroatoms. The summed E-state index contributed by atoms with van der Waals surface area (Å²) in [6.07, 6.45) is 13.3.